The summed E-state index contributed by atoms with van der Waals surface area (Å²) in [5, 5.41) is 9.20. The summed E-state index contributed by atoms with van der Waals surface area (Å²) in [4.78, 5) is 43.5. The zero-order valence-corrected chi connectivity index (χ0v) is 25.6. The predicted octanol–water partition coefficient (Wildman–Crippen LogP) is 4.86. The second kappa shape index (κ2) is 13.1. The molecule has 0 radical (unpaired) electrons. The largest absolute Gasteiger partial charge is 0.494 e. The molecule has 9 nitrogen and oxygen atoms in total. The van der Waals surface area contributed by atoms with Crippen LogP contribution in [0.2, 0.25) is 0 Å². The quantitative estimate of drug-likeness (QED) is 0.254. The molecule has 1 aliphatic rings. The maximum atomic E-state index is 13.9. The molecule has 0 aliphatic carbocycles. The van der Waals surface area contributed by atoms with Crippen LogP contribution in [0.4, 0.5) is 0 Å². The topological polar surface area (TPSA) is 116 Å². The molecule has 5 rings (SSSR count). The molecule has 1 atom stereocenters. The predicted molar refractivity (Wildman–Crippen MR) is 167 cm³/mol. The maximum Gasteiger partial charge on any atom is 0.338 e. The Morgan fingerprint density at radius 1 is 1.02 bits per heavy atom. The van der Waals surface area contributed by atoms with Gasteiger partial charge in [-0.15, -0.1) is 0 Å². The van der Waals surface area contributed by atoms with Crippen LogP contribution in [0.25, 0.3) is 6.08 Å². The van der Waals surface area contributed by atoms with E-state index in [1.807, 2.05) is 43.3 Å². The van der Waals surface area contributed by atoms with Crippen molar-refractivity contribution in [1.82, 2.24) is 4.57 Å². The number of aromatic carboxylic acids is 1. The molecule has 44 heavy (non-hydrogen) atoms. The fourth-order valence-electron chi connectivity index (χ4n) is 4.86. The Morgan fingerprint density at radius 3 is 2.36 bits per heavy atom. The lowest BCUT2D eigenvalue weighted by atomic mass is 9.96. The summed E-state index contributed by atoms with van der Waals surface area (Å²) in [6.07, 6.45) is 1.44. The van der Waals surface area contributed by atoms with Crippen LogP contribution in [0.15, 0.2) is 93.9 Å². The Balaban J connectivity index is 1.46. The standard InChI is InChI=1S/C34H32N2O7S/c1-5-41-26-15-11-24(12-16-26)30-29(33(40)43-20(2)3)21(4)35-34-36(30)31(37)28(44-34)18-22-9-13-27(14-10-22)42-19-23-7-6-8-25(17-23)32(38)39/h6-18,20,30H,5,19H2,1-4H3,(H,38,39)/b28-18+/t30-/m1/s1. The van der Waals surface area contributed by atoms with E-state index in [1.165, 1.54) is 17.4 Å². The van der Waals surface area contributed by atoms with E-state index in [1.54, 1.807) is 61.7 Å². The summed E-state index contributed by atoms with van der Waals surface area (Å²) in [6, 6.07) is 20.5. The van der Waals surface area contributed by atoms with Crippen molar-refractivity contribution in [2.24, 2.45) is 4.99 Å². The number of esters is 1. The number of ether oxygens (including phenoxy) is 3. The zero-order chi connectivity index (χ0) is 31.4. The SMILES string of the molecule is CCOc1ccc([C@@H]2C(C(=O)OC(C)C)=C(C)N=c3s/c(=C/c4ccc(OCc5cccc(C(=O)O)c5)cc4)c(=O)n32)cc1. The van der Waals surface area contributed by atoms with Crippen LogP contribution < -0.4 is 24.4 Å². The van der Waals surface area contributed by atoms with Crippen LogP contribution in [0, 0.1) is 0 Å². The first-order valence-corrected chi connectivity index (χ1v) is 15.0. The molecule has 2 heterocycles. The third-order valence-corrected chi connectivity index (χ3v) is 7.83. The molecule has 0 fully saturated rings. The van der Waals surface area contributed by atoms with Gasteiger partial charge in [-0.05, 0) is 86.9 Å². The minimum atomic E-state index is -0.992. The van der Waals surface area contributed by atoms with E-state index < -0.39 is 18.0 Å². The van der Waals surface area contributed by atoms with E-state index in [-0.39, 0.29) is 23.8 Å². The molecule has 0 amide bonds. The van der Waals surface area contributed by atoms with E-state index in [0.717, 1.165) is 16.7 Å². The molecule has 1 aliphatic heterocycles. The van der Waals surface area contributed by atoms with Crippen molar-refractivity contribution in [3.05, 3.63) is 126 Å². The first kappa shape index (κ1) is 30.5. The van der Waals surface area contributed by atoms with Crippen molar-refractivity contribution in [3.8, 4) is 11.5 Å². The number of aromatic nitrogens is 1. The molecule has 0 saturated heterocycles. The number of hydrogen-bond donors (Lipinski definition) is 1. The van der Waals surface area contributed by atoms with Crippen molar-refractivity contribution in [3.63, 3.8) is 0 Å². The van der Waals surface area contributed by atoms with Gasteiger partial charge in [-0.3, -0.25) is 9.36 Å². The minimum absolute atomic E-state index is 0.201. The number of allylic oxidation sites excluding steroid dienone is 1. The molecule has 0 bridgehead atoms. The van der Waals surface area contributed by atoms with E-state index >= 15 is 0 Å². The number of carboxylic acids is 1. The second-order valence-corrected chi connectivity index (χ2v) is 11.4. The van der Waals surface area contributed by atoms with Gasteiger partial charge in [0.25, 0.3) is 5.56 Å². The van der Waals surface area contributed by atoms with Gasteiger partial charge < -0.3 is 19.3 Å². The highest BCUT2D eigenvalue weighted by Crippen LogP contribution is 2.32. The Hall–Kier alpha value is -4.96. The van der Waals surface area contributed by atoms with Gasteiger partial charge in [-0.1, -0.05) is 47.7 Å². The number of carboxylic acid groups (broad SMARTS) is 1. The fraction of sp³-hybridized carbons (Fsp3) is 0.235. The van der Waals surface area contributed by atoms with Crippen molar-refractivity contribution < 1.29 is 28.9 Å². The van der Waals surface area contributed by atoms with E-state index in [0.29, 0.717) is 38.7 Å². The first-order chi connectivity index (χ1) is 21.1. The number of nitrogens with zero attached hydrogens (tertiary/aromatic N) is 2. The summed E-state index contributed by atoms with van der Waals surface area (Å²) in [5.74, 6) is -0.213. The Bertz CT molecular complexity index is 1900. The van der Waals surface area contributed by atoms with Gasteiger partial charge in [0.1, 0.15) is 18.1 Å². The molecule has 4 aromatic rings. The lowest BCUT2D eigenvalue weighted by Crippen LogP contribution is -2.40. The van der Waals surface area contributed by atoms with Crippen LogP contribution in [-0.2, 0) is 16.1 Å². The third kappa shape index (κ3) is 6.65. The maximum absolute atomic E-state index is 13.9. The van der Waals surface area contributed by atoms with E-state index in [2.05, 4.69) is 4.99 Å². The molecule has 0 spiro atoms. The van der Waals surface area contributed by atoms with Gasteiger partial charge in [-0.25, -0.2) is 14.6 Å². The lowest BCUT2D eigenvalue weighted by Gasteiger charge is -2.25. The molecule has 10 heteroatoms. The van der Waals surface area contributed by atoms with Crippen LogP contribution >= 0.6 is 11.3 Å². The first-order valence-electron chi connectivity index (χ1n) is 14.2. The fourth-order valence-corrected chi connectivity index (χ4v) is 5.91. The van der Waals surface area contributed by atoms with E-state index in [9.17, 15) is 19.5 Å². The van der Waals surface area contributed by atoms with Gasteiger partial charge >= 0.3 is 11.9 Å². The third-order valence-electron chi connectivity index (χ3n) is 6.85. The molecule has 1 aromatic heterocycles. The second-order valence-electron chi connectivity index (χ2n) is 10.4. The van der Waals surface area contributed by atoms with Gasteiger partial charge in [0.05, 0.1) is 40.1 Å². The van der Waals surface area contributed by atoms with E-state index in [4.69, 9.17) is 14.2 Å². The summed E-state index contributed by atoms with van der Waals surface area (Å²) >= 11 is 1.25. The number of carbonyl (C=O) groups excluding carboxylic acids is 1. The van der Waals surface area contributed by atoms with Crippen molar-refractivity contribution in [1.29, 1.82) is 0 Å². The Morgan fingerprint density at radius 2 is 1.70 bits per heavy atom. The Kier molecular flexibility index (Phi) is 9.10. The molecule has 0 saturated carbocycles. The highest BCUT2D eigenvalue weighted by Gasteiger charge is 2.33. The smallest absolute Gasteiger partial charge is 0.338 e. The number of rotatable bonds is 10. The molecule has 0 unspecified atom stereocenters. The zero-order valence-electron chi connectivity index (χ0n) is 24.8. The average molecular weight is 613 g/mol. The van der Waals surface area contributed by atoms with Gasteiger partial charge in [0.15, 0.2) is 4.80 Å². The highest BCUT2D eigenvalue weighted by molar-refractivity contribution is 7.07. The minimum Gasteiger partial charge on any atom is -0.494 e. The van der Waals surface area contributed by atoms with Crippen molar-refractivity contribution >= 4 is 29.4 Å². The molecular formula is C34H32N2O7S. The van der Waals surface area contributed by atoms with Crippen LogP contribution in [0.5, 0.6) is 11.5 Å². The molecule has 226 valence electrons. The average Bonchev–Trinajstić information content (AvgIpc) is 3.30. The van der Waals surface area contributed by atoms with Crippen molar-refractivity contribution in [2.45, 2.75) is 46.4 Å². The number of thiazole rings is 1. The van der Waals surface area contributed by atoms with Crippen molar-refractivity contribution in [2.75, 3.05) is 6.61 Å². The van der Waals surface area contributed by atoms with Gasteiger partial charge in [0, 0.05) is 0 Å². The van der Waals surface area contributed by atoms with Gasteiger partial charge in [-0.2, -0.15) is 0 Å². The highest BCUT2D eigenvalue weighted by atomic mass is 32.1. The summed E-state index contributed by atoms with van der Waals surface area (Å²) in [7, 11) is 0. The van der Waals surface area contributed by atoms with Crippen LogP contribution in [-0.4, -0.2) is 34.3 Å². The number of benzene rings is 3. The van der Waals surface area contributed by atoms with Crippen LogP contribution in [0.1, 0.15) is 60.8 Å². The number of fused-ring (bicyclic) bond motifs is 1. The van der Waals surface area contributed by atoms with Crippen LogP contribution in [0.3, 0.4) is 0 Å². The number of carbonyl (C=O) groups is 2. The van der Waals surface area contributed by atoms with Gasteiger partial charge in [0.2, 0.25) is 0 Å². The normalized spacial score (nSPS) is 14.7. The summed E-state index contributed by atoms with van der Waals surface area (Å²) in [6.45, 7) is 7.96. The lowest BCUT2D eigenvalue weighted by molar-refractivity contribution is -0.143. The monoisotopic (exact) mass is 612 g/mol. The molecule has 3 aromatic carbocycles. The molecular weight excluding hydrogens is 580 g/mol. The molecule has 1 N–H and O–H groups in total. The summed E-state index contributed by atoms with van der Waals surface area (Å²) in [5.41, 5.74) is 3.00. The Labute approximate surface area is 258 Å². The number of hydrogen-bond acceptors (Lipinski definition) is 8. The summed E-state index contributed by atoms with van der Waals surface area (Å²) < 4.78 is 19.0.